The molecule has 3 aromatic carbocycles. The summed E-state index contributed by atoms with van der Waals surface area (Å²) in [6, 6.07) is 22.3. The second-order valence-corrected chi connectivity index (χ2v) is 16.2. The molecular formula is C39H33Br2N3O6S. The van der Waals surface area contributed by atoms with Gasteiger partial charge in [-0.05, 0) is 98.3 Å². The minimum atomic E-state index is -1.46. The summed E-state index contributed by atoms with van der Waals surface area (Å²) in [5, 5.41) is 14.1. The van der Waals surface area contributed by atoms with E-state index in [1.807, 2.05) is 85.1 Å². The van der Waals surface area contributed by atoms with Crippen molar-refractivity contribution < 1.29 is 29.0 Å². The van der Waals surface area contributed by atoms with Gasteiger partial charge in [-0.25, -0.2) is 0 Å². The number of rotatable bonds is 7. The fraction of sp³-hybridized carbons (Fsp3) is 0.282. The molecule has 4 amide bonds. The number of phenolic OH excluding ortho intramolecular Hbond substituents is 1. The Morgan fingerprint density at radius 3 is 2.37 bits per heavy atom. The monoisotopic (exact) mass is 829 g/mol. The second kappa shape index (κ2) is 12.8. The average molecular weight is 832 g/mol. The molecule has 6 atom stereocenters. The molecule has 2 saturated heterocycles. The number of hydrogen-bond acceptors (Lipinski definition) is 8. The number of amides is 4. The summed E-state index contributed by atoms with van der Waals surface area (Å²) >= 11 is 8.75. The SMILES string of the molecule is COc1cc([C@H]2C3=CC[C@@H]4C(=O)N(Cc5cccs5)C(=O)[C@@H]4[C@@H]3C[C@H]3C(=O)N(Nc4ccc(C)cc4)C(=O)[C@@]23c2ccccc2)c(Br)c(Br)c1O. The zero-order chi connectivity index (χ0) is 35.8. The molecule has 4 aromatic rings. The van der Waals surface area contributed by atoms with Crippen LogP contribution >= 0.6 is 43.2 Å². The molecule has 3 fully saturated rings. The number of hydrazine groups is 1. The lowest BCUT2D eigenvalue weighted by molar-refractivity contribution is -0.141. The normalized spacial score (nSPS) is 26.9. The van der Waals surface area contributed by atoms with E-state index in [0.29, 0.717) is 32.2 Å². The maximum atomic E-state index is 15.4. The van der Waals surface area contributed by atoms with Gasteiger partial charge in [0.1, 0.15) is 0 Å². The number of imide groups is 2. The summed E-state index contributed by atoms with van der Waals surface area (Å²) in [6.07, 6.45) is 2.52. The summed E-state index contributed by atoms with van der Waals surface area (Å²) in [6.45, 7) is 2.16. The maximum absolute atomic E-state index is 15.4. The Labute approximate surface area is 315 Å². The van der Waals surface area contributed by atoms with Crippen LogP contribution in [0.5, 0.6) is 11.5 Å². The van der Waals surface area contributed by atoms with Gasteiger partial charge in [0, 0.05) is 15.3 Å². The van der Waals surface area contributed by atoms with Gasteiger partial charge in [0.2, 0.25) is 11.8 Å². The number of allylic oxidation sites excluding steroid dienone is 2. The highest BCUT2D eigenvalue weighted by Gasteiger charge is 2.70. The van der Waals surface area contributed by atoms with Gasteiger partial charge in [-0.1, -0.05) is 65.7 Å². The fourth-order valence-corrected chi connectivity index (χ4v) is 10.5. The van der Waals surface area contributed by atoms with Crippen molar-refractivity contribution in [3.05, 3.63) is 120 Å². The van der Waals surface area contributed by atoms with Crippen molar-refractivity contribution in [2.45, 2.75) is 37.6 Å². The van der Waals surface area contributed by atoms with Crippen molar-refractivity contribution in [2.75, 3.05) is 12.5 Å². The van der Waals surface area contributed by atoms with Crippen LogP contribution in [0.3, 0.4) is 0 Å². The quantitative estimate of drug-likeness (QED) is 0.147. The largest absolute Gasteiger partial charge is 0.503 e. The first-order chi connectivity index (χ1) is 24.6. The topological polar surface area (TPSA) is 116 Å². The predicted octanol–water partition coefficient (Wildman–Crippen LogP) is 7.48. The lowest BCUT2D eigenvalue weighted by Gasteiger charge is -2.51. The molecule has 2 aliphatic carbocycles. The van der Waals surface area contributed by atoms with Crippen LogP contribution in [0.25, 0.3) is 0 Å². The van der Waals surface area contributed by atoms with Crippen molar-refractivity contribution in [2.24, 2.45) is 23.7 Å². The van der Waals surface area contributed by atoms with Crippen LogP contribution in [0.1, 0.15) is 40.3 Å². The van der Waals surface area contributed by atoms with Crippen LogP contribution in [-0.2, 0) is 31.1 Å². The highest BCUT2D eigenvalue weighted by atomic mass is 79.9. The number of carbonyl (C=O) groups excluding carboxylic acids is 4. The Kier molecular flexibility index (Phi) is 8.46. The summed E-state index contributed by atoms with van der Waals surface area (Å²) in [5.74, 6) is -4.74. The van der Waals surface area contributed by atoms with Crippen molar-refractivity contribution in [3.8, 4) is 11.5 Å². The molecule has 2 aliphatic heterocycles. The number of halogens is 2. The molecular weight excluding hydrogens is 798 g/mol. The minimum Gasteiger partial charge on any atom is -0.503 e. The molecule has 260 valence electrons. The summed E-state index contributed by atoms with van der Waals surface area (Å²) in [7, 11) is 1.45. The first-order valence-corrected chi connectivity index (χ1v) is 19.1. The van der Waals surface area contributed by atoms with Gasteiger partial charge in [0.05, 0.1) is 47.0 Å². The molecule has 8 rings (SSSR count). The van der Waals surface area contributed by atoms with Crippen LogP contribution in [0.2, 0.25) is 0 Å². The van der Waals surface area contributed by atoms with E-state index >= 15 is 4.79 Å². The molecule has 12 heteroatoms. The molecule has 4 aliphatic rings. The lowest BCUT2D eigenvalue weighted by Crippen LogP contribution is -2.53. The Hall–Kier alpha value is -4.26. The molecule has 1 saturated carbocycles. The zero-order valence-corrected chi connectivity index (χ0v) is 31.6. The van der Waals surface area contributed by atoms with E-state index in [-0.39, 0.29) is 36.3 Å². The van der Waals surface area contributed by atoms with Crippen LogP contribution < -0.4 is 10.2 Å². The third-order valence-corrected chi connectivity index (χ3v) is 14.1. The van der Waals surface area contributed by atoms with Crippen molar-refractivity contribution >= 4 is 72.5 Å². The second-order valence-electron chi connectivity index (χ2n) is 13.6. The summed E-state index contributed by atoms with van der Waals surface area (Å²) in [4.78, 5) is 60.8. The molecule has 0 bridgehead atoms. The number of likely N-dealkylation sites (tertiary alicyclic amines) is 1. The number of nitrogens with zero attached hydrogens (tertiary/aromatic N) is 2. The van der Waals surface area contributed by atoms with Crippen LogP contribution in [0.15, 0.2) is 98.8 Å². The number of fused-ring (bicyclic) bond motifs is 4. The summed E-state index contributed by atoms with van der Waals surface area (Å²) < 4.78 is 6.44. The van der Waals surface area contributed by atoms with Gasteiger partial charge in [0.25, 0.3) is 11.8 Å². The Morgan fingerprint density at radius 1 is 0.941 bits per heavy atom. The number of methoxy groups -OCH3 is 1. The number of hydrogen-bond donors (Lipinski definition) is 2. The molecule has 51 heavy (non-hydrogen) atoms. The molecule has 2 N–H and O–H groups in total. The van der Waals surface area contributed by atoms with E-state index in [1.54, 1.807) is 6.07 Å². The summed E-state index contributed by atoms with van der Waals surface area (Å²) in [5.41, 5.74) is 5.33. The van der Waals surface area contributed by atoms with Crippen molar-refractivity contribution in [3.63, 3.8) is 0 Å². The Balaban J connectivity index is 1.35. The highest BCUT2D eigenvalue weighted by Crippen LogP contribution is 2.65. The minimum absolute atomic E-state index is 0.124. The van der Waals surface area contributed by atoms with Crippen LogP contribution in [0, 0.1) is 30.6 Å². The van der Waals surface area contributed by atoms with Gasteiger partial charge in [0.15, 0.2) is 11.5 Å². The number of benzene rings is 3. The third-order valence-electron chi connectivity index (χ3n) is 11.1. The van der Waals surface area contributed by atoms with E-state index in [4.69, 9.17) is 4.74 Å². The van der Waals surface area contributed by atoms with E-state index in [2.05, 4.69) is 37.3 Å². The van der Waals surface area contributed by atoms with Gasteiger partial charge in [-0.15, -0.1) is 11.3 Å². The molecule has 0 spiro atoms. The average Bonchev–Trinajstić information content (AvgIpc) is 3.80. The predicted molar refractivity (Wildman–Crippen MR) is 199 cm³/mol. The maximum Gasteiger partial charge on any atom is 0.260 e. The molecule has 3 heterocycles. The molecule has 0 unspecified atom stereocenters. The number of ether oxygens (including phenoxy) is 1. The highest BCUT2D eigenvalue weighted by molar-refractivity contribution is 9.13. The number of phenols is 1. The number of aryl methyl sites for hydroxylation is 1. The van der Waals surface area contributed by atoms with Gasteiger partial charge < -0.3 is 9.84 Å². The first-order valence-electron chi connectivity index (χ1n) is 16.7. The van der Waals surface area contributed by atoms with E-state index in [0.717, 1.165) is 21.0 Å². The number of thiophene rings is 1. The number of nitrogens with one attached hydrogen (secondary N) is 1. The third kappa shape index (κ3) is 5.04. The molecule has 9 nitrogen and oxygen atoms in total. The fourth-order valence-electron chi connectivity index (χ4n) is 8.85. The number of anilines is 1. The Bertz CT molecular complexity index is 2120. The Morgan fingerprint density at radius 2 is 1.69 bits per heavy atom. The molecule has 0 radical (unpaired) electrons. The van der Waals surface area contributed by atoms with Gasteiger partial charge >= 0.3 is 0 Å². The van der Waals surface area contributed by atoms with Crippen LogP contribution in [0.4, 0.5) is 5.69 Å². The molecule has 1 aromatic heterocycles. The van der Waals surface area contributed by atoms with E-state index in [1.165, 1.54) is 23.3 Å². The standard InChI is InChI=1S/C39H33Br2N3O6S/c1-20-10-12-22(13-11-20)42-44-36(47)28-17-26-24(14-15-25-30(26)37(48)43(35(25)46)19-23-9-6-16-51-23)31(27-18-29(50-2)34(45)33(41)32(27)40)39(28,38(44)49)21-7-4-3-5-8-21/h3-14,16,18,25-26,28,30-31,42,45H,15,17,19H2,1-2H3/t25-,26+,28-,30-,31+,39+/m0/s1. The van der Waals surface area contributed by atoms with E-state index in [9.17, 15) is 19.5 Å². The van der Waals surface area contributed by atoms with Crippen molar-refractivity contribution in [1.29, 1.82) is 0 Å². The zero-order valence-electron chi connectivity index (χ0n) is 27.6. The van der Waals surface area contributed by atoms with Crippen molar-refractivity contribution in [1.82, 2.24) is 9.91 Å². The smallest absolute Gasteiger partial charge is 0.260 e. The first kappa shape index (κ1) is 33.9. The van der Waals surface area contributed by atoms with E-state index < -0.39 is 46.8 Å². The number of aromatic hydroxyl groups is 1. The van der Waals surface area contributed by atoms with Gasteiger partial charge in [-0.2, -0.15) is 5.01 Å². The van der Waals surface area contributed by atoms with Crippen LogP contribution in [-0.4, -0.2) is 45.8 Å². The number of carbonyl (C=O) groups is 4. The lowest BCUT2D eigenvalue weighted by atomic mass is 9.49. The van der Waals surface area contributed by atoms with Gasteiger partial charge in [-0.3, -0.25) is 29.5 Å².